The fourth-order valence-corrected chi connectivity index (χ4v) is 3.13. The Hall–Kier alpha value is -3.22. The van der Waals surface area contributed by atoms with E-state index in [2.05, 4.69) is 5.32 Å². The molecular formula is C21H22FN3O3. The van der Waals surface area contributed by atoms with Crippen molar-refractivity contribution >= 4 is 22.5 Å². The molecule has 0 saturated carbocycles. The van der Waals surface area contributed by atoms with E-state index in [4.69, 9.17) is 0 Å². The number of hydrogen-bond donors (Lipinski definition) is 1. The summed E-state index contributed by atoms with van der Waals surface area (Å²) in [5.41, 5.74) is 0.536. The quantitative estimate of drug-likeness (QED) is 0.735. The van der Waals surface area contributed by atoms with Gasteiger partial charge < -0.3 is 5.32 Å². The number of aryl methyl sites for hydroxylation is 1. The number of aromatic nitrogens is 2. The predicted molar refractivity (Wildman–Crippen MR) is 107 cm³/mol. The number of carbonyl (C=O) groups excluding carboxylic acids is 1. The Morgan fingerprint density at radius 2 is 1.89 bits per heavy atom. The smallest absolute Gasteiger partial charge is 0.324 e. The van der Waals surface area contributed by atoms with Crippen LogP contribution in [0.15, 0.2) is 52.1 Å². The van der Waals surface area contributed by atoms with Crippen molar-refractivity contribution < 1.29 is 9.18 Å². The maximum atomic E-state index is 13.5. The molecule has 6 nitrogen and oxygen atoms in total. The van der Waals surface area contributed by atoms with E-state index in [-0.39, 0.29) is 18.1 Å². The first kappa shape index (κ1) is 19.5. The molecule has 2 aromatic carbocycles. The molecule has 0 aliphatic heterocycles. The van der Waals surface area contributed by atoms with E-state index < -0.39 is 17.4 Å². The van der Waals surface area contributed by atoms with Crippen molar-refractivity contribution in [1.82, 2.24) is 9.13 Å². The van der Waals surface area contributed by atoms with Crippen molar-refractivity contribution in [3.8, 4) is 0 Å². The van der Waals surface area contributed by atoms with Crippen molar-refractivity contribution in [3.05, 3.63) is 74.7 Å². The zero-order valence-corrected chi connectivity index (χ0v) is 16.0. The van der Waals surface area contributed by atoms with Crippen LogP contribution in [-0.2, 0) is 11.3 Å². The van der Waals surface area contributed by atoms with Crippen molar-refractivity contribution in [2.24, 2.45) is 0 Å². The third kappa shape index (κ3) is 3.60. The van der Waals surface area contributed by atoms with Gasteiger partial charge in [-0.2, -0.15) is 0 Å². The van der Waals surface area contributed by atoms with Crippen LogP contribution in [0.1, 0.15) is 31.9 Å². The lowest BCUT2D eigenvalue weighted by molar-refractivity contribution is -0.116. The molecule has 28 heavy (non-hydrogen) atoms. The molecule has 0 fully saturated rings. The van der Waals surface area contributed by atoms with Crippen LogP contribution >= 0.6 is 0 Å². The first-order valence-corrected chi connectivity index (χ1v) is 9.13. The van der Waals surface area contributed by atoms with Crippen molar-refractivity contribution in [3.63, 3.8) is 0 Å². The summed E-state index contributed by atoms with van der Waals surface area (Å²) in [6.45, 7) is 5.14. The first-order chi connectivity index (χ1) is 13.3. The summed E-state index contributed by atoms with van der Waals surface area (Å²) in [6, 6.07) is 10.5. The van der Waals surface area contributed by atoms with E-state index in [9.17, 15) is 18.8 Å². The van der Waals surface area contributed by atoms with Gasteiger partial charge in [0, 0.05) is 11.7 Å². The summed E-state index contributed by atoms with van der Waals surface area (Å²) < 4.78 is 15.9. The number of benzene rings is 2. The summed E-state index contributed by atoms with van der Waals surface area (Å²) in [5.74, 6) is -0.941. The summed E-state index contributed by atoms with van der Waals surface area (Å²) in [5, 5.41) is 3.02. The summed E-state index contributed by atoms with van der Waals surface area (Å²) in [6.07, 6.45) is 0.599. The van der Waals surface area contributed by atoms with Gasteiger partial charge in [-0.3, -0.25) is 18.7 Å². The van der Waals surface area contributed by atoms with Crippen molar-refractivity contribution in [2.75, 3.05) is 5.32 Å². The highest BCUT2D eigenvalue weighted by Gasteiger charge is 2.18. The van der Waals surface area contributed by atoms with Gasteiger partial charge in [0.1, 0.15) is 12.4 Å². The summed E-state index contributed by atoms with van der Waals surface area (Å²) in [4.78, 5) is 38.4. The molecule has 0 spiro atoms. The standard InChI is InChI=1S/C21H22FN3O3/c1-4-14(3)25-20(27)16-7-5-6-8-18(16)24(21(25)28)12-19(26)23-17-11-15(22)10-9-13(17)2/h5-11,14H,4,12H2,1-3H3,(H,23,26)/t14-/m0/s1. The molecule has 7 heteroatoms. The van der Waals surface area contributed by atoms with E-state index in [0.29, 0.717) is 28.6 Å². The molecule has 0 aliphatic rings. The van der Waals surface area contributed by atoms with Crippen LogP contribution in [-0.4, -0.2) is 15.0 Å². The van der Waals surface area contributed by atoms with Crippen molar-refractivity contribution in [1.29, 1.82) is 0 Å². The third-order valence-corrected chi connectivity index (χ3v) is 4.89. The molecule has 1 N–H and O–H groups in total. The number of nitrogens with one attached hydrogen (secondary N) is 1. The molecule has 1 amide bonds. The Balaban J connectivity index is 2.07. The Morgan fingerprint density at radius 3 is 2.61 bits per heavy atom. The lowest BCUT2D eigenvalue weighted by atomic mass is 10.2. The molecule has 0 radical (unpaired) electrons. The highest BCUT2D eigenvalue weighted by molar-refractivity contribution is 5.92. The fourth-order valence-electron chi connectivity index (χ4n) is 3.13. The normalized spacial score (nSPS) is 12.1. The van der Waals surface area contributed by atoms with Gasteiger partial charge in [-0.1, -0.05) is 25.1 Å². The lowest BCUT2D eigenvalue weighted by Crippen LogP contribution is -2.43. The average Bonchev–Trinajstić information content (AvgIpc) is 2.68. The first-order valence-electron chi connectivity index (χ1n) is 9.13. The Labute approximate surface area is 161 Å². The van der Waals surface area contributed by atoms with E-state index in [0.717, 1.165) is 0 Å². The second-order valence-corrected chi connectivity index (χ2v) is 6.83. The van der Waals surface area contributed by atoms with Crippen LogP contribution in [0.25, 0.3) is 10.9 Å². The molecule has 1 heterocycles. The van der Waals surface area contributed by atoms with Gasteiger partial charge >= 0.3 is 5.69 Å². The van der Waals surface area contributed by atoms with Gasteiger partial charge in [0.05, 0.1) is 10.9 Å². The van der Waals surface area contributed by atoms with Gasteiger partial charge in [0.15, 0.2) is 0 Å². The van der Waals surface area contributed by atoms with E-state index >= 15 is 0 Å². The zero-order chi connectivity index (χ0) is 20.4. The number of carbonyl (C=O) groups is 1. The number of nitrogens with zero attached hydrogens (tertiary/aromatic N) is 2. The lowest BCUT2D eigenvalue weighted by Gasteiger charge is -2.17. The van der Waals surface area contributed by atoms with Crippen LogP contribution < -0.4 is 16.6 Å². The minimum Gasteiger partial charge on any atom is -0.324 e. The molecule has 3 rings (SSSR count). The number of para-hydroxylation sites is 1. The van der Waals surface area contributed by atoms with Gasteiger partial charge in [0.2, 0.25) is 5.91 Å². The molecule has 0 unspecified atom stereocenters. The number of halogens is 1. The topological polar surface area (TPSA) is 73.1 Å². The maximum absolute atomic E-state index is 13.5. The monoisotopic (exact) mass is 383 g/mol. The predicted octanol–water partition coefficient (Wildman–Crippen LogP) is 3.22. The van der Waals surface area contributed by atoms with E-state index in [1.165, 1.54) is 21.3 Å². The van der Waals surface area contributed by atoms with E-state index in [1.807, 2.05) is 6.92 Å². The minimum atomic E-state index is -0.538. The second-order valence-electron chi connectivity index (χ2n) is 6.83. The number of fused-ring (bicyclic) bond motifs is 1. The van der Waals surface area contributed by atoms with E-state index in [1.54, 1.807) is 44.2 Å². The maximum Gasteiger partial charge on any atom is 0.332 e. The second kappa shape index (κ2) is 7.80. The third-order valence-electron chi connectivity index (χ3n) is 4.89. The van der Waals surface area contributed by atoms with Gasteiger partial charge in [-0.25, -0.2) is 9.18 Å². The molecular weight excluding hydrogens is 361 g/mol. The highest BCUT2D eigenvalue weighted by atomic mass is 19.1. The summed E-state index contributed by atoms with van der Waals surface area (Å²) >= 11 is 0. The molecule has 146 valence electrons. The molecule has 3 aromatic rings. The van der Waals surface area contributed by atoms with Crippen LogP contribution in [0.5, 0.6) is 0 Å². The number of hydrogen-bond acceptors (Lipinski definition) is 3. The molecule has 0 bridgehead atoms. The van der Waals surface area contributed by atoms with Gasteiger partial charge in [-0.05, 0) is 50.1 Å². The average molecular weight is 383 g/mol. The summed E-state index contributed by atoms with van der Waals surface area (Å²) in [7, 11) is 0. The number of amides is 1. The number of rotatable bonds is 5. The number of anilines is 1. The van der Waals surface area contributed by atoms with Gasteiger partial charge in [0.25, 0.3) is 5.56 Å². The fraction of sp³-hybridized carbons (Fsp3) is 0.286. The molecule has 1 aromatic heterocycles. The van der Waals surface area contributed by atoms with Crippen LogP contribution in [0.2, 0.25) is 0 Å². The molecule has 0 saturated heterocycles. The SMILES string of the molecule is CC[C@H](C)n1c(=O)c2ccccc2n(CC(=O)Nc2cc(F)ccc2C)c1=O. The molecule has 0 aliphatic carbocycles. The minimum absolute atomic E-state index is 0.286. The Kier molecular flexibility index (Phi) is 5.44. The van der Waals surface area contributed by atoms with Crippen LogP contribution in [0.3, 0.4) is 0 Å². The highest BCUT2D eigenvalue weighted by Crippen LogP contribution is 2.16. The molecule has 1 atom stereocenters. The van der Waals surface area contributed by atoms with Crippen LogP contribution in [0.4, 0.5) is 10.1 Å². The Bertz CT molecular complexity index is 1160. The Morgan fingerprint density at radius 1 is 1.18 bits per heavy atom. The van der Waals surface area contributed by atoms with Crippen molar-refractivity contribution in [2.45, 2.75) is 39.8 Å². The largest absolute Gasteiger partial charge is 0.332 e. The van der Waals surface area contributed by atoms with Gasteiger partial charge in [-0.15, -0.1) is 0 Å². The van der Waals surface area contributed by atoms with Crippen LogP contribution in [0, 0.1) is 12.7 Å². The zero-order valence-electron chi connectivity index (χ0n) is 16.0.